The van der Waals surface area contributed by atoms with Gasteiger partial charge in [0.05, 0.1) is 11.0 Å². The number of aryl methyl sites for hydroxylation is 1. The molecule has 0 bridgehead atoms. The molecule has 1 atom stereocenters. The van der Waals surface area contributed by atoms with Crippen LogP contribution in [0.25, 0.3) is 11.0 Å². The fourth-order valence-electron chi connectivity index (χ4n) is 5.92. The summed E-state index contributed by atoms with van der Waals surface area (Å²) in [6, 6.07) is 6.12. The van der Waals surface area contributed by atoms with Gasteiger partial charge in [-0.15, -0.1) is 0 Å². The number of hydrogen-bond donors (Lipinski definition) is 2. The van der Waals surface area contributed by atoms with Gasteiger partial charge in [0.25, 0.3) is 0 Å². The molecular formula is C24H33N5O3. The molecule has 0 radical (unpaired) electrons. The van der Waals surface area contributed by atoms with E-state index in [1.54, 1.807) is 16.2 Å². The van der Waals surface area contributed by atoms with Crippen LogP contribution in [0.4, 0.5) is 0 Å². The predicted octanol–water partition coefficient (Wildman–Crippen LogP) is 1.32. The van der Waals surface area contributed by atoms with Crippen molar-refractivity contribution in [3.8, 4) is 0 Å². The molecule has 4 heterocycles. The lowest BCUT2D eigenvalue weighted by Crippen LogP contribution is -2.46. The van der Waals surface area contributed by atoms with Crippen molar-refractivity contribution in [2.75, 3.05) is 26.2 Å². The first-order valence-corrected chi connectivity index (χ1v) is 12.0. The van der Waals surface area contributed by atoms with Crippen molar-refractivity contribution in [1.29, 1.82) is 0 Å². The van der Waals surface area contributed by atoms with Gasteiger partial charge in [0.2, 0.25) is 11.8 Å². The number of carbonyl (C=O) groups excluding carboxylic acids is 2. The highest BCUT2D eigenvalue weighted by Gasteiger charge is 2.32. The van der Waals surface area contributed by atoms with Gasteiger partial charge in [-0.25, -0.2) is 4.79 Å². The third-order valence-electron chi connectivity index (χ3n) is 7.69. The Kier molecular flexibility index (Phi) is 5.90. The number of benzene rings is 1. The molecule has 3 saturated heterocycles. The fraction of sp³-hybridized carbons (Fsp3) is 0.625. The van der Waals surface area contributed by atoms with Crippen LogP contribution in [0.1, 0.15) is 50.1 Å². The van der Waals surface area contributed by atoms with Gasteiger partial charge in [0.1, 0.15) is 6.04 Å². The molecule has 1 aromatic carbocycles. The molecule has 3 aliphatic heterocycles. The molecule has 172 valence electrons. The van der Waals surface area contributed by atoms with Gasteiger partial charge < -0.3 is 10.2 Å². The van der Waals surface area contributed by atoms with Gasteiger partial charge in [-0.05, 0) is 82.3 Å². The van der Waals surface area contributed by atoms with Crippen molar-refractivity contribution in [1.82, 2.24) is 24.7 Å². The molecule has 0 aliphatic carbocycles. The van der Waals surface area contributed by atoms with Gasteiger partial charge in [0, 0.05) is 19.5 Å². The molecule has 8 heteroatoms. The zero-order valence-corrected chi connectivity index (χ0v) is 18.8. The number of aromatic nitrogens is 2. The number of hydrogen-bond acceptors (Lipinski definition) is 5. The highest BCUT2D eigenvalue weighted by molar-refractivity contribution is 6.00. The second kappa shape index (κ2) is 8.83. The van der Waals surface area contributed by atoms with E-state index in [2.05, 4.69) is 21.6 Å². The first-order valence-electron chi connectivity index (χ1n) is 12.0. The Balaban J connectivity index is 1.36. The number of nitrogens with zero attached hydrogens (tertiary/aromatic N) is 3. The molecule has 3 fully saturated rings. The maximum absolute atomic E-state index is 13.1. The number of amides is 2. The summed E-state index contributed by atoms with van der Waals surface area (Å²) in [6.45, 7) is 4.57. The number of para-hydroxylation sites is 1. The van der Waals surface area contributed by atoms with E-state index in [4.69, 9.17) is 0 Å². The Morgan fingerprint density at radius 3 is 2.47 bits per heavy atom. The molecule has 2 N–H and O–H groups in total. The van der Waals surface area contributed by atoms with Gasteiger partial charge in [-0.2, -0.15) is 0 Å². The number of likely N-dealkylation sites (tertiary alicyclic amines) is 1. The molecule has 8 nitrogen and oxygen atoms in total. The average molecular weight is 440 g/mol. The molecule has 2 amide bonds. The molecule has 2 aromatic rings. The second-order valence-corrected chi connectivity index (χ2v) is 9.63. The second-order valence-electron chi connectivity index (χ2n) is 9.63. The average Bonchev–Trinajstić information content (AvgIpc) is 3.06. The lowest BCUT2D eigenvalue weighted by Gasteiger charge is -2.39. The molecule has 1 aromatic heterocycles. The zero-order valence-electron chi connectivity index (χ0n) is 18.8. The van der Waals surface area contributed by atoms with Gasteiger partial charge in [0.15, 0.2) is 0 Å². The van der Waals surface area contributed by atoms with Crippen LogP contribution in [0, 0.1) is 5.92 Å². The minimum Gasteiger partial charge on any atom is -0.317 e. The summed E-state index contributed by atoms with van der Waals surface area (Å²) in [5, 5.41) is 5.84. The monoisotopic (exact) mass is 439 g/mol. The molecule has 5 rings (SSSR count). The van der Waals surface area contributed by atoms with Gasteiger partial charge >= 0.3 is 5.69 Å². The summed E-state index contributed by atoms with van der Waals surface area (Å²) in [4.78, 5) is 39.8. The highest BCUT2D eigenvalue weighted by Crippen LogP contribution is 2.29. The first kappa shape index (κ1) is 21.4. The minimum atomic E-state index is -0.632. The summed E-state index contributed by atoms with van der Waals surface area (Å²) in [6.07, 6.45) is 6.44. The van der Waals surface area contributed by atoms with Crippen molar-refractivity contribution < 1.29 is 9.59 Å². The topological polar surface area (TPSA) is 88.4 Å². The van der Waals surface area contributed by atoms with Crippen LogP contribution in [-0.2, 0) is 23.1 Å². The number of imide groups is 1. The lowest BCUT2D eigenvalue weighted by atomic mass is 9.88. The summed E-state index contributed by atoms with van der Waals surface area (Å²) >= 11 is 0. The zero-order chi connectivity index (χ0) is 22.2. The van der Waals surface area contributed by atoms with E-state index in [9.17, 15) is 14.4 Å². The van der Waals surface area contributed by atoms with Crippen molar-refractivity contribution in [2.45, 2.75) is 57.0 Å². The Morgan fingerprint density at radius 1 is 1.00 bits per heavy atom. The molecule has 0 spiro atoms. The van der Waals surface area contributed by atoms with E-state index < -0.39 is 6.04 Å². The summed E-state index contributed by atoms with van der Waals surface area (Å²) in [7, 11) is 1.79. The van der Waals surface area contributed by atoms with Crippen LogP contribution in [-0.4, -0.2) is 58.1 Å². The van der Waals surface area contributed by atoms with E-state index >= 15 is 0 Å². The lowest BCUT2D eigenvalue weighted by molar-refractivity contribution is -0.135. The number of fused-ring (bicyclic) bond motifs is 1. The number of imidazole rings is 1. The Morgan fingerprint density at radius 2 is 1.75 bits per heavy atom. The van der Waals surface area contributed by atoms with Gasteiger partial charge in [-0.1, -0.05) is 12.1 Å². The highest BCUT2D eigenvalue weighted by atomic mass is 16.2. The van der Waals surface area contributed by atoms with Gasteiger partial charge in [-0.3, -0.25) is 24.0 Å². The smallest absolute Gasteiger partial charge is 0.317 e. The molecule has 0 saturated carbocycles. The van der Waals surface area contributed by atoms with E-state index in [1.165, 1.54) is 31.2 Å². The van der Waals surface area contributed by atoms with Crippen molar-refractivity contribution >= 4 is 22.8 Å². The third kappa shape index (κ3) is 3.90. The SMILES string of the molecule is Cn1c(=O)n(C2CCC(=O)NC2=O)c2cccc(CC3CCN(C4CCNCC4)CC3)c21. The quantitative estimate of drug-likeness (QED) is 0.702. The predicted molar refractivity (Wildman–Crippen MR) is 122 cm³/mol. The molecule has 3 aliphatic rings. The maximum atomic E-state index is 13.1. The molecule has 1 unspecified atom stereocenters. The van der Waals surface area contributed by atoms with E-state index in [0.717, 1.165) is 49.7 Å². The van der Waals surface area contributed by atoms with Crippen LogP contribution in [0.15, 0.2) is 23.0 Å². The van der Waals surface area contributed by atoms with Crippen LogP contribution in [0.2, 0.25) is 0 Å². The summed E-state index contributed by atoms with van der Waals surface area (Å²) < 4.78 is 3.26. The largest absolute Gasteiger partial charge is 0.329 e. The minimum absolute atomic E-state index is 0.192. The van der Waals surface area contributed by atoms with Crippen LogP contribution < -0.4 is 16.3 Å². The Labute approximate surface area is 187 Å². The molecule has 32 heavy (non-hydrogen) atoms. The number of carbonyl (C=O) groups is 2. The van der Waals surface area contributed by atoms with Crippen molar-refractivity contribution in [2.24, 2.45) is 13.0 Å². The Bertz CT molecular complexity index is 1070. The fourth-order valence-corrected chi connectivity index (χ4v) is 5.92. The Hall–Kier alpha value is -2.45. The van der Waals surface area contributed by atoms with E-state index in [0.29, 0.717) is 12.3 Å². The first-order chi connectivity index (χ1) is 15.5. The molecular weight excluding hydrogens is 406 g/mol. The van der Waals surface area contributed by atoms with Crippen molar-refractivity contribution in [3.05, 3.63) is 34.2 Å². The van der Waals surface area contributed by atoms with E-state index in [1.807, 2.05) is 12.1 Å². The van der Waals surface area contributed by atoms with Crippen molar-refractivity contribution in [3.63, 3.8) is 0 Å². The van der Waals surface area contributed by atoms with Crippen LogP contribution in [0.5, 0.6) is 0 Å². The normalized spacial score (nSPS) is 24.2. The standard InChI is InChI=1S/C24H33N5O3/c1-27-22-17(15-16-9-13-28(14-10-16)18-7-11-25-12-8-18)3-2-4-19(22)29(24(27)32)20-5-6-21(30)26-23(20)31/h2-4,16,18,20,25H,5-15H2,1H3,(H,26,30,31). The third-order valence-corrected chi connectivity index (χ3v) is 7.69. The van der Waals surface area contributed by atoms with Crippen LogP contribution >= 0.6 is 0 Å². The number of rotatable bonds is 4. The number of nitrogens with one attached hydrogen (secondary N) is 2. The number of piperidine rings is 3. The summed E-state index contributed by atoms with van der Waals surface area (Å²) in [5.41, 5.74) is 2.69. The van der Waals surface area contributed by atoms with Crippen LogP contribution in [0.3, 0.4) is 0 Å². The van der Waals surface area contributed by atoms with E-state index in [-0.39, 0.29) is 23.9 Å². The maximum Gasteiger partial charge on any atom is 0.329 e. The summed E-state index contributed by atoms with van der Waals surface area (Å²) in [5.74, 6) is -0.0461.